The second-order valence-electron chi connectivity index (χ2n) is 6.70. The lowest BCUT2D eigenvalue weighted by atomic mass is 10.2. The first-order chi connectivity index (χ1) is 12.4. The Bertz CT molecular complexity index is 905. The van der Waals surface area contributed by atoms with E-state index in [2.05, 4.69) is 15.6 Å². The number of nitrogens with zero attached hydrogens (tertiary/aromatic N) is 2. The molecule has 2 aromatic rings. The molecule has 138 valence electrons. The molecule has 7 nitrogen and oxygen atoms in total. The molecule has 1 aliphatic rings. The van der Waals surface area contributed by atoms with Gasteiger partial charge in [-0.3, -0.25) is 19.5 Å². The largest absolute Gasteiger partial charge is 0.336 e. The van der Waals surface area contributed by atoms with E-state index in [1.165, 1.54) is 11.8 Å². The molecule has 1 aliphatic carbocycles. The highest BCUT2D eigenvalue weighted by atomic mass is 32.2. The van der Waals surface area contributed by atoms with E-state index < -0.39 is 17.2 Å². The van der Waals surface area contributed by atoms with E-state index in [0.29, 0.717) is 16.1 Å². The summed E-state index contributed by atoms with van der Waals surface area (Å²) in [5, 5.41) is 5.47. The Morgan fingerprint density at radius 2 is 1.92 bits per heavy atom. The zero-order chi connectivity index (χ0) is 18.8. The van der Waals surface area contributed by atoms with Crippen molar-refractivity contribution in [1.29, 1.82) is 0 Å². The van der Waals surface area contributed by atoms with Crippen molar-refractivity contribution in [2.45, 2.75) is 56.1 Å². The van der Waals surface area contributed by atoms with E-state index in [1.807, 2.05) is 26.0 Å². The molecule has 1 heterocycles. The average Bonchev–Trinajstić information content (AvgIpc) is 3.39. The first-order valence-electron chi connectivity index (χ1n) is 8.66. The Morgan fingerprint density at radius 3 is 2.58 bits per heavy atom. The van der Waals surface area contributed by atoms with Crippen molar-refractivity contribution in [3.63, 3.8) is 0 Å². The van der Waals surface area contributed by atoms with Gasteiger partial charge in [-0.1, -0.05) is 23.9 Å². The number of fused-ring (bicyclic) bond motifs is 1. The lowest BCUT2D eigenvalue weighted by Gasteiger charge is -2.16. The van der Waals surface area contributed by atoms with Gasteiger partial charge < -0.3 is 5.32 Å². The molecule has 1 aromatic carbocycles. The fourth-order valence-corrected chi connectivity index (χ4v) is 3.57. The van der Waals surface area contributed by atoms with Crippen LogP contribution in [0.1, 0.15) is 39.7 Å². The second kappa shape index (κ2) is 7.49. The summed E-state index contributed by atoms with van der Waals surface area (Å²) in [5.41, 5.74) is 0.535. The zero-order valence-electron chi connectivity index (χ0n) is 15.0. The molecule has 0 aliphatic heterocycles. The van der Waals surface area contributed by atoms with Crippen molar-refractivity contribution >= 4 is 34.6 Å². The lowest BCUT2D eigenvalue weighted by molar-refractivity contribution is -0.119. The van der Waals surface area contributed by atoms with Crippen molar-refractivity contribution in [2.75, 3.05) is 0 Å². The van der Waals surface area contributed by atoms with Crippen LogP contribution >= 0.6 is 11.8 Å². The maximum Gasteiger partial charge on any atom is 0.321 e. The van der Waals surface area contributed by atoms with Gasteiger partial charge in [-0.25, -0.2) is 9.78 Å². The Morgan fingerprint density at radius 1 is 1.23 bits per heavy atom. The molecule has 0 spiro atoms. The fourth-order valence-electron chi connectivity index (χ4n) is 2.59. The summed E-state index contributed by atoms with van der Waals surface area (Å²) in [5.74, 6) is -0.419. The quantitative estimate of drug-likeness (QED) is 0.619. The first kappa shape index (κ1) is 18.4. The summed E-state index contributed by atoms with van der Waals surface area (Å²) >= 11 is 1.20. The number of aromatic nitrogens is 2. The minimum Gasteiger partial charge on any atom is -0.336 e. The maximum absolute atomic E-state index is 12.8. The van der Waals surface area contributed by atoms with Crippen LogP contribution in [0.4, 0.5) is 4.79 Å². The summed E-state index contributed by atoms with van der Waals surface area (Å²) in [4.78, 5) is 41.4. The van der Waals surface area contributed by atoms with Gasteiger partial charge in [0.05, 0.1) is 16.2 Å². The van der Waals surface area contributed by atoms with E-state index in [0.717, 1.165) is 12.8 Å². The number of carbonyl (C=O) groups excluding carboxylic acids is 2. The Balaban J connectivity index is 1.83. The van der Waals surface area contributed by atoms with E-state index >= 15 is 0 Å². The smallest absolute Gasteiger partial charge is 0.321 e. The summed E-state index contributed by atoms with van der Waals surface area (Å²) in [6.07, 6.45) is 1.87. The number of hydrogen-bond donors (Lipinski definition) is 2. The number of benzene rings is 1. The number of imide groups is 1. The highest BCUT2D eigenvalue weighted by Crippen LogP contribution is 2.37. The number of thioether (sulfide) groups is 1. The van der Waals surface area contributed by atoms with Gasteiger partial charge in [-0.2, -0.15) is 0 Å². The van der Waals surface area contributed by atoms with Gasteiger partial charge >= 0.3 is 6.03 Å². The average molecular weight is 374 g/mol. The Hall–Kier alpha value is -2.35. The van der Waals surface area contributed by atoms with Crippen LogP contribution in [0.3, 0.4) is 0 Å². The lowest BCUT2D eigenvalue weighted by Crippen LogP contribution is -2.45. The second-order valence-corrected chi connectivity index (χ2v) is 8.00. The number of carbonyl (C=O) groups is 2. The molecule has 2 N–H and O–H groups in total. The minimum atomic E-state index is -0.564. The maximum atomic E-state index is 12.8. The summed E-state index contributed by atoms with van der Waals surface area (Å²) in [7, 11) is 0. The van der Waals surface area contributed by atoms with Gasteiger partial charge in [0, 0.05) is 12.1 Å². The third-order valence-corrected chi connectivity index (χ3v) is 5.06. The normalized spacial score (nSPS) is 15.1. The summed E-state index contributed by atoms with van der Waals surface area (Å²) < 4.78 is 1.69. The van der Waals surface area contributed by atoms with E-state index in [1.54, 1.807) is 23.6 Å². The number of para-hydroxylation sites is 1. The van der Waals surface area contributed by atoms with Gasteiger partial charge in [0.25, 0.3) is 5.56 Å². The Kier molecular flexibility index (Phi) is 5.31. The van der Waals surface area contributed by atoms with Crippen molar-refractivity contribution in [3.05, 3.63) is 34.6 Å². The van der Waals surface area contributed by atoms with Gasteiger partial charge in [0.15, 0.2) is 5.16 Å². The van der Waals surface area contributed by atoms with Crippen LogP contribution in [0.15, 0.2) is 34.2 Å². The van der Waals surface area contributed by atoms with Crippen LogP contribution in [0.25, 0.3) is 10.9 Å². The number of hydrogen-bond acceptors (Lipinski definition) is 5. The molecule has 26 heavy (non-hydrogen) atoms. The van der Waals surface area contributed by atoms with Crippen molar-refractivity contribution in [2.24, 2.45) is 0 Å². The number of rotatable bonds is 5. The molecule has 1 aromatic heterocycles. The predicted octanol–water partition coefficient (Wildman–Crippen LogP) is 2.45. The Labute approximate surface area is 155 Å². The molecule has 1 fully saturated rings. The topological polar surface area (TPSA) is 93.1 Å². The third-order valence-electron chi connectivity index (χ3n) is 4.00. The van der Waals surface area contributed by atoms with Crippen molar-refractivity contribution < 1.29 is 9.59 Å². The summed E-state index contributed by atoms with van der Waals surface area (Å²) in [6.45, 7) is 5.33. The molecule has 3 rings (SSSR count). The van der Waals surface area contributed by atoms with Crippen LogP contribution in [0, 0.1) is 0 Å². The van der Waals surface area contributed by atoms with Crippen LogP contribution < -0.4 is 16.2 Å². The van der Waals surface area contributed by atoms with Crippen molar-refractivity contribution in [1.82, 2.24) is 20.2 Å². The SMILES string of the molecule is CC(C)NC(=O)NC(=O)[C@H](C)Sc1nc2ccccc2c(=O)n1C1CC1. The van der Waals surface area contributed by atoms with Crippen LogP contribution in [0.2, 0.25) is 0 Å². The molecule has 0 unspecified atom stereocenters. The van der Waals surface area contributed by atoms with E-state index in [9.17, 15) is 14.4 Å². The molecular weight excluding hydrogens is 352 g/mol. The molecule has 0 radical (unpaired) electrons. The number of amides is 3. The molecule has 0 saturated heterocycles. The minimum absolute atomic E-state index is 0.0621. The highest BCUT2D eigenvalue weighted by Gasteiger charge is 2.30. The number of urea groups is 1. The monoisotopic (exact) mass is 374 g/mol. The van der Waals surface area contributed by atoms with E-state index in [-0.39, 0.29) is 17.6 Å². The van der Waals surface area contributed by atoms with Crippen LogP contribution in [0.5, 0.6) is 0 Å². The molecule has 3 amide bonds. The molecular formula is C18H22N4O3S. The predicted molar refractivity (Wildman–Crippen MR) is 101 cm³/mol. The number of nitrogens with one attached hydrogen (secondary N) is 2. The highest BCUT2D eigenvalue weighted by molar-refractivity contribution is 8.00. The van der Waals surface area contributed by atoms with Gasteiger partial charge in [-0.05, 0) is 45.7 Å². The molecule has 1 atom stereocenters. The van der Waals surface area contributed by atoms with Gasteiger partial charge in [-0.15, -0.1) is 0 Å². The van der Waals surface area contributed by atoms with Crippen LogP contribution in [-0.2, 0) is 4.79 Å². The molecule has 8 heteroatoms. The van der Waals surface area contributed by atoms with Gasteiger partial charge in [0.1, 0.15) is 0 Å². The molecule has 0 bridgehead atoms. The fraction of sp³-hybridized carbons (Fsp3) is 0.444. The molecule has 1 saturated carbocycles. The third kappa shape index (κ3) is 4.07. The first-order valence-corrected chi connectivity index (χ1v) is 9.54. The summed E-state index contributed by atoms with van der Waals surface area (Å²) in [6, 6.07) is 6.76. The van der Waals surface area contributed by atoms with Crippen molar-refractivity contribution in [3.8, 4) is 0 Å². The zero-order valence-corrected chi connectivity index (χ0v) is 15.8. The van der Waals surface area contributed by atoms with Crippen LogP contribution in [-0.4, -0.2) is 32.8 Å². The van der Waals surface area contributed by atoms with E-state index in [4.69, 9.17) is 0 Å². The standard InChI is InChI=1S/C18H22N4O3S/c1-10(2)19-17(25)21-15(23)11(3)26-18-20-14-7-5-4-6-13(14)16(24)22(18)12-8-9-12/h4-7,10-12H,8-9H2,1-3H3,(H2,19,21,23,25)/t11-/m0/s1. The van der Waals surface area contributed by atoms with Gasteiger partial charge in [0.2, 0.25) is 5.91 Å².